The summed E-state index contributed by atoms with van der Waals surface area (Å²) >= 11 is 11.1. The van der Waals surface area contributed by atoms with Crippen LogP contribution in [0.4, 0.5) is 14.5 Å². The summed E-state index contributed by atoms with van der Waals surface area (Å²) in [4.78, 5) is 3.47. The minimum atomic E-state index is -2.72. The van der Waals surface area contributed by atoms with Crippen LogP contribution in [0.5, 0.6) is 0 Å². The molecule has 0 amide bonds. The number of pyridine rings is 1. The molecular formula is C7H6Cl2F2N2. The molecule has 1 rings (SSSR count). The van der Waals surface area contributed by atoms with Gasteiger partial charge in [-0.1, -0.05) is 11.6 Å². The quantitative estimate of drug-likeness (QED) is 0.788. The zero-order valence-corrected chi connectivity index (χ0v) is 7.91. The Balaban J connectivity index is 3.23. The number of anilines is 1. The van der Waals surface area contributed by atoms with Gasteiger partial charge in [0.05, 0.1) is 16.6 Å². The lowest BCUT2D eigenvalue weighted by Gasteiger charge is -2.07. The zero-order chi connectivity index (χ0) is 10.0. The van der Waals surface area contributed by atoms with Crippen LogP contribution in [-0.4, -0.2) is 4.98 Å². The van der Waals surface area contributed by atoms with Crippen LogP contribution in [-0.2, 0) is 5.88 Å². The molecule has 0 aromatic carbocycles. The highest BCUT2D eigenvalue weighted by atomic mass is 35.5. The zero-order valence-electron chi connectivity index (χ0n) is 6.40. The van der Waals surface area contributed by atoms with E-state index in [1.807, 2.05) is 0 Å². The predicted octanol–water partition coefficient (Wildman–Crippen LogP) is 2.99. The molecule has 2 nitrogen and oxygen atoms in total. The van der Waals surface area contributed by atoms with Crippen LogP contribution in [0.3, 0.4) is 0 Å². The van der Waals surface area contributed by atoms with E-state index in [-0.39, 0.29) is 16.6 Å². The summed E-state index contributed by atoms with van der Waals surface area (Å²) in [5.74, 6) is 0.0968. The normalized spacial score (nSPS) is 10.8. The first kappa shape index (κ1) is 10.5. The number of nitrogen functional groups attached to an aromatic ring is 1. The number of aromatic nitrogens is 1. The number of hydrogen-bond acceptors (Lipinski definition) is 2. The molecule has 2 N–H and O–H groups in total. The number of nitrogens with zero attached hydrogens (tertiary/aromatic N) is 1. The minimum Gasteiger partial charge on any atom is -0.396 e. The van der Waals surface area contributed by atoms with Crippen LogP contribution in [0.25, 0.3) is 0 Å². The van der Waals surface area contributed by atoms with Gasteiger partial charge in [0.1, 0.15) is 5.69 Å². The van der Waals surface area contributed by atoms with Crippen LogP contribution >= 0.6 is 23.2 Å². The third-order valence-corrected chi connectivity index (χ3v) is 2.24. The molecule has 0 aliphatic carbocycles. The van der Waals surface area contributed by atoms with Gasteiger partial charge in [-0.25, -0.2) is 8.78 Å². The second kappa shape index (κ2) is 4.07. The first-order chi connectivity index (χ1) is 6.07. The third kappa shape index (κ3) is 2.00. The predicted molar refractivity (Wildman–Crippen MR) is 48.2 cm³/mol. The van der Waals surface area contributed by atoms with E-state index in [2.05, 4.69) is 4.98 Å². The van der Waals surface area contributed by atoms with Crippen LogP contribution < -0.4 is 5.73 Å². The number of nitrogens with two attached hydrogens (primary N) is 1. The van der Waals surface area contributed by atoms with E-state index in [9.17, 15) is 8.78 Å². The second-order valence-electron chi connectivity index (χ2n) is 2.33. The number of rotatable bonds is 2. The van der Waals surface area contributed by atoms with Crippen LogP contribution in [0.15, 0.2) is 6.20 Å². The van der Waals surface area contributed by atoms with E-state index in [0.717, 1.165) is 0 Å². The van der Waals surface area contributed by atoms with Crippen LogP contribution in [0.2, 0.25) is 5.02 Å². The van der Waals surface area contributed by atoms with Crippen LogP contribution in [0, 0.1) is 0 Å². The molecule has 0 atom stereocenters. The lowest BCUT2D eigenvalue weighted by molar-refractivity contribution is 0.147. The van der Waals surface area contributed by atoms with Crippen molar-refractivity contribution in [1.29, 1.82) is 0 Å². The summed E-state index contributed by atoms with van der Waals surface area (Å²) in [6, 6.07) is 0. The van der Waals surface area contributed by atoms with Gasteiger partial charge < -0.3 is 5.73 Å². The molecule has 1 aromatic heterocycles. The fraction of sp³-hybridized carbons (Fsp3) is 0.286. The Morgan fingerprint density at radius 2 is 2.15 bits per heavy atom. The van der Waals surface area contributed by atoms with E-state index < -0.39 is 12.1 Å². The minimum absolute atomic E-state index is 0.0558. The summed E-state index contributed by atoms with van der Waals surface area (Å²) in [7, 11) is 0. The molecule has 0 radical (unpaired) electrons. The van der Waals surface area contributed by atoms with Crippen LogP contribution in [0.1, 0.15) is 17.7 Å². The summed E-state index contributed by atoms with van der Waals surface area (Å²) in [6.45, 7) is 0. The summed E-state index contributed by atoms with van der Waals surface area (Å²) in [5, 5.41) is 0.0558. The number of halogens is 4. The number of alkyl halides is 3. The van der Waals surface area contributed by atoms with Crippen molar-refractivity contribution in [1.82, 2.24) is 4.98 Å². The van der Waals surface area contributed by atoms with E-state index in [4.69, 9.17) is 28.9 Å². The highest BCUT2D eigenvalue weighted by Gasteiger charge is 2.17. The van der Waals surface area contributed by atoms with Gasteiger partial charge in [-0.3, -0.25) is 4.98 Å². The molecule has 0 spiro atoms. The SMILES string of the molecule is Nc1c(C(F)F)ncc(CCl)c1Cl. The van der Waals surface area contributed by atoms with Crippen molar-refractivity contribution in [3.05, 3.63) is 22.5 Å². The van der Waals surface area contributed by atoms with Crippen molar-refractivity contribution in [3.8, 4) is 0 Å². The molecule has 0 saturated heterocycles. The average Bonchev–Trinajstić information content (AvgIpc) is 2.09. The first-order valence-electron chi connectivity index (χ1n) is 3.34. The second-order valence-corrected chi connectivity index (χ2v) is 2.98. The Morgan fingerprint density at radius 1 is 1.54 bits per heavy atom. The van der Waals surface area contributed by atoms with Crippen molar-refractivity contribution < 1.29 is 8.78 Å². The van der Waals surface area contributed by atoms with Crippen molar-refractivity contribution in [2.75, 3.05) is 5.73 Å². The Bertz CT molecular complexity index is 318. The summed E-state index contributed by atoms with van der Waals surface area (Å²) in [6.07, 6.45) is -1.52. The smallest absolute Gasteiger partial charge is 0.282 e. The average molecular weight is 227 g/mol. The van der Waals surface area contributed by atoms with Gasteiger partial charge in [0.25, 0.3) is 6.43 Å². The maximum absolute atomic E-state index is 12.2. The fourth-order valence-electron chi connectivity index (χ4n) is 0.826. The van der Waals surface area contributed by atoms with E-state index >= 15 is 0 Å². The van der Waals surface area contributed by atoms with Crippen molar-refractivity contribution in [3.63, 3.8) is 0 Å². The molecule has 0 aliphatic rings. The maximum atomic E-state index is 12.2. The van der Waals surface area contributed by atoms with Gasteiger partial charge in [-0.2, -0.15) is 0 Å². The monoisotopic (exact) mass is 226 g/mol. The third-order valence-electron chi connectivity index (χ3n) is 1.50. The largest absolute Gasteiger partial charge is 0.396 e. The van der Waals surface area contributed by atoms with Gasteiger partial charge in [0, 0.05) is 11.8 Å². The number of hydrogen-bond donors (Lipinski definition) is 1. The molecule has 0 bridgehead atoms. The van der Waals surface area contributed by atoms with Gasteiger partial charge in [-0.05, 0) is 0 Å². The maximum Gasteiger partial charge on any atom is 0.282 e. The molecular weight excluding hydrogens is 221 g/mol. The highest BCUT2D eigenvalue weighted by molar-refractivity contribution is 6.34. The first-order valence-corrected chi connectivity index (χ1v) is 4.26. The molecule has 1 heterocycles. The Kier molecular flexibility index (Phi) is 3.27. The van der Waals surface area contributed by atoms with Gasteiger partial charge >= 0.3 is 0 Å². The van der Waals surface area contributed by atoms with Crippen molar-refractivity contribution in [2.24, 2.45) is 0 Å². The Hall–Kier alpha value is -0.610. The Labute approximate surface area is 83.7 Å². The van der Waals surface area contributed by atoms with Gasteiger partial charge in [0.2, 0.25) is 0 Å². The highest BCUT2D eigenvalue weighted by Crippen LogP contribution is 2.31. The lowest BCUT2D eigenvalue weighted by Crippen LogP contribution is -2.01. The Morgan fingerprint density at radius 3 is 2.62 bits per heavy atom. The molecule has 0 unspecified atom stereocenters. The lowest BCUT2D eigenvalue weighted by atomic mass is 10.2. The molecule has 72 valence electrons. The summed E-state index contributed by atoms with van der Waals surface area (Å²) < 4.78 is 24.4. The molecule has 0 fully saturated rings. The molecule has 0 aliphatic heterocycles. The van der Waals surface area contributed by atoms with Gasteiger partial charge in [0.15, 0.2) is 0 Å². The molecule has 13 heavy (non-hydrogen) atoms. The van der Waals surface area contributed by atoms with E-state index in [1.165, 1.54) is 6.20 Å². The topological polar surface area (TPSA) is 38.9 Å². The molecule has 0 saturated carbocycles. The van der Waals surface area contributed by atoms with Crippen molar-refractivity contribution >= 4 is 28.9 Å². The summed E-state index contributed by atoms with van der Waals surface area (Å²) in [5.41, 5.74) is 5.08. The van der Waals surface area contributed by atoms with Gasteiger partial charge in [-0.15, -0.1) is 11.6 Å². The molecule has 1 aromatic rings. The fourth-order valence-corrected chi connectivity index (χ4v) is 1.31. The van der Waals surface area contributed by atoms with E-state index in [0.29, 0.717) is 5.56 Å². The molecule has 6 heteroatoms. The standard InChI is InChI=1S/C7H6Cl2F2N2/c8-1-3-2-13-6(7(10)11)5(12)4(3)9/h2,7H,1,12H2. The van der Waals surface area contributed by atoms with Crippen molar-refractivity contribution in [2.45, 2.75) is 12.3 Å². The van der Waals surface area contributed by atoms with E-state index in [1.54, 1.807) is 0 Å².